The van der Waals surface area contributed by atoms with Gasteiger partial charge in [-0.15, -0.1) is 0 Å². The number of amides is 1. The van der Waals surface area contributed by atoms with Crippen LogP contribution in [0.4, 0.5) is 11.4 Å². The van der Waals surface area contributed by atoms with Crippen LogP contribution in [-0.4, -0.2) is 23.0 Å². The SMILES string of the molecule is CC(C)(C)OCC(=O)Nc1ccc([N+](=O)[O-])cc1. The van der Waals surface area contributed by atoms with Crippen molar-refractivity contribution in [1.29, 1.82) is 0 Å². The summed E-state index contributed by atoms with van der Waals surface area (Å²) < 4.78 is 5.31. The molecule has 6 nitrogen and oxygen atoms in total. The summed E-state index contributed by atoms with van der Waals surface area (Å²) in [6, 6.07) is 5.63. The van der Waals surface area contributed by atoms with Crippen molar-refractivity contribution in [1.82, 2.24) is 0 Å². The fourth-order valence-electron chi connectivity index (χ4n) is 1.15. The number of nitro benzene ring substituents is 1. The van der Waals surface area contributed by atoms with Crippen LogP contribution >= 0.6 is 0 Å². The van der Waals surface area contributed by atoms with Crippen LogP contribution in [0.2, 0.25) is 0 Å². The van der Waals surface area contributed by atoms with Crippen LogP contribution in [-0.2, 0) is 9.53 Å². The Morgan fingerprint density at radius 3 is 2.33 bits per heavy atom. The quantitative estimate of drug-likeness (QED) is 0.658. The predicted molar refractivity (Wildman–Crippen MR) is 67.4 cm³/mol. The molecule has 1 aromatic rings. The van der Waals surface area contributed by atoms with Crippen molar-refractivity contribution in [3.8, 4) is 0 Å². The molecule has 0 unspecified atom stereocenters. The van der Waals surface area contributed by atoms with Crippen LogP contribution in [0, 0.1) is 10.1 Å². The van der Waals surface area contributed by atoms with E-state index in [1.807, 2.05) is 20.8 Å². The fourth-order valence-corrected chi connectivity index (χ4v) is 1.15. The molecular formula is C12H16N2O4. The number of carbonyl (C=O) groups excluding carboxylic acids is 1. The van der Waals surface area contributed by atoms with Gasteiger partial charge in [-0.3, -0.25) is 14.9 Å². The average Bonchev–Trinajstić information content (AvgIpc) is 2.26. The first kappa shape index (κ1) is 14.1. The topological polar surface area (TPSA) is 81.5 Å². The number of hydrogen-bond acceptors (Lipinski definition) is 4. The highest BCUT2D eigenvalue weighted by atomic mass is 16.6. The van der Waals surface area contributed by atoms with Gasteiger partial charge in [-0.25, -0.2) is 0 Å². The van der Waals surface area contributed by atoms with Crippen molar-refractivity contribution in [3.05, 3.63) is 34.4 Å². The Bertz CT molecular complexity index is 434. The molecule has 1 rings (SSSR count). The summed E-state index contributed by atoms with van der Waals surface area (Å²) >= 11 is 0. The normalized spacial score (nSPS) is 11.1. The minimum absolute atomic E-state index is 0.0149. The second-order valence-corrected chi connectivity index (χ2v) is 4.75. The Labute approximate surface area is 105 Å². The lowest BCUT2D eigenvalue weighted by molar-refractivity contribution is -0.384. The minimum Gasteiger partial charge on any atom is -0.366 e. The van der Waals surface area contributed by atoms with Crippen LogP contribution in [0.25, 0.3) is 0 Å². The molecule has 0 saturated carbocycles. The third-order valence-corrected chi connectivity index (χ3v) is 2.00. The number of nitrogens with one attached hydrogen (secondary N) is 1. The maximum absolute atomic E-state index is 11.5. The summed E-state index contributed by atoms with van der Waals surface area (Å²) in [4.78, 5) is 21.5. The molecule has 0 aliphatic heterocycles. The van der Waals surface area contributed by atoms with Gasteiger partial charge in [0, 0.05) is 17.8 Å². The van der Waals surface area contributed by atoms with Gasteiger partial charge in [0.15, 0.2) is 0 Å². The van der Waals surface area contributed by atoms with Crippen molar-refractivity contribution < 1.29 is 14.5 Å². The number of ether oxygens (including phenoxy) is 1. The van der Waals surface area contributed by atoms with E-state index < -0.39 is 4.92 Å². The van der Waals surface area contributed by atoms with Crippen molar-refractivity contribution in [3.63, 3.8) is 0 Å². The fraction of sp³-hybridized carbons (Fsp3) is 0.417. The number of carbonyl (C=O) groups is 1. The zero-order chi connectivity index (χ0) is 13.8. The van der Waals surface area contributed by atoms with Gasteiger partial charge in [-0.1, -0.05) is 0 Å². The maximum atomic E-state index is 11.5. The highest BCUT2D eigenvalue weighted by Gasteiger charge is 2.13. The molecule has 0 fully saturated rings. The molecule has 1 N–H and O–H groups in total. The summed E-state index contributed by atoms with van der Waals surface area (Å²) in [6.45, 7) is 5.50. The average molecular weight is 252 g/mol. The minimum atomic E-state index is -0.492. The number of benzene rings is 1. The lowest BCUT2D eigenvalue weighted by atomic mass is 10.2. The molecule has 0 bridgehead atoms. The summed E-state index contributed by atoms with van der Waals surface area (Å²) in [5.41, 5.74) is 0.106. The first-order chi connectivity index (χ1) is 8.28. The van der Waals surface area contributed by atoms with Crippen molar-refractivity contribution in [2.45, 2.75) is 26.4 Å². The van der Waals surface area contributed by atoms with E-state index in [0.29, 0.717) is 5.69 Å². The third kappa shape index (κ3) is 4.92. The van der Waals surface area contributed by atoms with Crippen LogP contribution in [0.1, 0.15) is 20.8 Å². The van der Waals surface area contributed by atoms with E-state index in [1.165, 1.54) is 24.3 Å². The van der Waals surface area contributed by atoms with Gasteiger partial charge in [0.1, 0.15) is 6.61 Å². The van der Waals surface area contributed by atoms with E-state index in [0.717, 1.165) is 0 Å². The molecule has 0 radical (unpaired) electrons. The number of nitro groups is 1. The number of hydrogen-bond donors (Lipinski definition) is 1. The summed E-state index contributed by atoms with van der Waals surface area (Å²) in [5, 5.41) is 13.0. The van der Waals surface area contributed by atoms with E-state index in [1.54, 1.807) is 0 Å². The number of non-ortho nitro benzene ring substituents is 1. The first-order valence-electron chi connectivity index (χ1n) is 5.46. The Kier molecular flexibility index (Phi) is 4.38. The number of anilines is 1. The van der Waals surface area contributed by atoms with Gasteiger partial charge in [0.2, 0.25) is 5.91 Å². The number of rotatable bonds is 4. The zero-order valence-electron chi connectivity index (χ0n) is 10.6. The lowest BCUT2D eigenvalue weighted by Gasteiger charge is -2.18. The molecule has 0 atom stereocenters. The molecule has 0 aliphatic rings. The largest absolute Gasteiger partial charge is 0.366 e. The van der Waals surface area contributed by atoms with E-state index in [2.05, 4.69) is 5.32 Å². The maximum Gasteiger partial charge on any atom is 0.269 e. The van der Waals surface area contributed by atoms with Crippen LogP contribution < -0.4 is 5.32 Å². The Hall–Kier alpha value is -1.95. The van der Waals surface area contributed by atoms with Gasteiger partial charge < -0.3 is 10.1 Å². The Morgan fingerprint density at radius 1 is 1.33 bits per heavy atom. The van der Waals surface area contributed by atoms with E-state index >= 15 is 0 Å². The van der Waals surface area contributed by atoms with Crippen LogP contribution in [0.3, 0.4) is 0 Å². The smallest absolute Gasteiger partial charge is 0.269 e. The molecule has 0 saturated heterocycles. The van der Waals surface area contributed by atoms with Crippen LogP contribution in [0.15, 0.2) is 24.3 Å². The highest BCUT2D eigenvalue weighted by Crippen LogP contribution is 2.15. The molecule has 98 valence electrons. The summed E-state index contributed by atoms with van der Waals surface area (Å²) in [7, 11) is 0. The Morgan fingerprint density at radius 2 is 1.89 bits per heavy atom. The zero-order valence-corrected chi connectivity index (χ0v) is 10.6. The molecule has 1 amide bonds. The standard InChI is InChI=1S/C12H16N2O4/c1-12(2,3)18-8-11(15)13-9-4-6-10(7-5-9)14(16)17/h4-7H,8H2,1-3H3,(H,13,15). The molecule has 0 spiro atoms. The monoisotopic (exact) mass is 252 g/mol. The van der Waals surface area contributed by atoms with Gasteiger partial charge in [-0.2, -0.15) is 0 Å². The van der Waals surface area contributed by atoms with Crippen molar-refractivity contribution in [2.75, 3.05) is 11.9 Å². The lowest BCUT2D eigenvalue weighted by Crippen LogP contribution is -2.27. The van der Waals surface area contributed by atoms with E-state index in [9.17, 15) is 14.9 Å². The van der Waals surface area contributed by atoms with Crippen LogP contribution in [0.5, 0.6) is 0 Å². The van der Waals surface area contributed by atoms with Crippen molar-refractivity contribution >= 4 is 17.3 Å². The summed E-state index contributed by atoms with van der Waals surface area (Å²) in [6.07, 6.45) is 0. The van der Waals surface area contributed by atoms with E-state index in [4.69, 9.17) is 4.74 Å². The molecule has 6 heteroatoms. The Balaban J connectivity index is 2.52. The second kappa shape index (κ2) is 5.59. The van der Waals surface area contributed by atoms with Gasteiger partial charge in [0.25, 0.3) is 5.69 Å². The molecule has 0 heterocycles. The number of nitrogens with zero attached hydrogens (tertiary/aromatic N) is 1. The molecule has 0 aromatic heterocycles. The molecule has 1 aromatic carbocycles. The third-order valence-electron chi connectivity index (χ3n) is 2.00. The summed E-state index contributed by atoms with van der Waals surface area (Å²) in [5.74, 6) is -0.293. The second-order valence-electron chi connectivity index (χ2n) is 4.75. The van der Waals surface area contributed by atoms with Gasteiger partial charge in [-0.05, 0) is 32.9 Å². The molecule has 18 heavy (non-hydrogen) atoms. The van der Waals surface area contributed by atoms with Gasteiger partial charge >= 0.3 is 0 Å². The molecule has 0 aliphatic carbocycles. The first-order valence-corrected chi connectivity index (χ1v) is 5.46. The highest BCUT2D eigenvalue weighted by molar-refractivity contribution is 5.91. The van der Waals surface area contributed by atoms with Gasteiger partial charge in [0.05, 0.1) is 10.5 Å². The van der Waals surface area contributed by atoms with Crippen molar-refractivity contribution in [2.24, 2.45) is 0 Å². The molecular weight excluding hydrogens is 236 g/mol. The predicted octanol–water partition coefficient (Wildman–Crippen LogP) is 2.35. The van der Waals surface area contributed by atoms with E-state index in [-0.39, 0.29) is 23.8 Å².